The molecular formula is C18H22FN3O3. The van der Waals surface area contributed by atoms with E-state index >= 15 is 0 Å². The Labute approximate surface area is 145 Å². The van der Waals surface area contributed by atoms with Crippen LogP contribution in [0.1, 0.15) is 10.4 Å². The molecule has 1 amide bonds. The maximum absolute atomic E-state index is 14.2. The van der Waals surface area contributed by atoms with Gasteiger partial charge in [0.2, 0.25) is 0 Å². The Morgan fingerprint density at radius 2 is 2.00 bits per heavy atom. The molecule has 2 heterocycles. The van der Waals surface area contributed by atoms with Crippen LogP contribution in [0.25, 0.3) is 5.69 Å². The fraction of sp³-hybridized carbons (Fsp3) is 0.389. The van der Waals surface area contributed by atoms with E-state index in [1.165, 1.54) is 6.07 Å². The number of carbonyl (C=O) groups is 1. The number of aliphatic hydroxyl groups excluding tert-OH is 1. The molecule has 134 valence electrons. The molecule has 2 aromatic rings. The van der Waals surface area contributed by atoms with Crippen molar-refractivity contribution in [3.63, 3.8) is 0 Å². The number of halogens is 1. The molecule has 1 aromatic heterocycles. The number of hydrogen-bond acceptors (Lipinski definition) is 4. The van der Waals surface area contributed by atoms with Crippen molar-refractivity contribution in [1.82, 2.24) is 14.8 Å². The second-order valence-corrected chi connectivity index (χ2v) is 6.03. The number of amides is 1. The van der Waals surface area contributed by atoms with Gasteiger partial charge in [-0.2, -0.15) is 0 Å². The zero-order valence-corrected chi connectivity index (χ0v) is 13.9. The van der Waals surface area contributed by atoms with Crippen LogP contribution in [0.3, 0.4) is 0 Å². The summed E-state index contributed by atoms with van der Waals surface area (Å²) < 4.78 is 21.1. The van der Waals surface area contributed by atoms with E-state index in [-0.39, 0.29) is 12.1 Å². The van der Waals surface area contributed by atoms with E-state index in [9.17, 15) is 14.3 Å². The van der Waals surface area contributed by atoms with Crippen LogP contribution in [-0.4, -0.2) is 66.0 Å². The molecule has 1 aliphatic heterocycles. The van der Waals surface area contributed by atoms with Crippen molar-refractivity contribution in [1.29, 1.82) is 0 Å². The van der Waals surface area contributed by atoms with Gasteiger partial charge in [0.25, 0.3) is 5.91 Å². The van der Waals surface area contributed by atoms with Gasteiger partial charge in [0, 0.05) is 44.1 Å². The highest BCUT2D eigenvalue weighted by molar-refractivity contribution is 5.94. The van der Waals surface area contributed by atoms with E-state index in [4.69, 9.17) is 4.74 Å². The minimum absolute atomic E-state index is 0.122. The number of aliphatic hydroxyl groups is 1. The van der Waals surface area contributed by atoms with Gasteiger partial charge in [0.15, 0.2) is 0 Å². The minimum Gasteiger partial charge on any atom is -0.390 e. The molecular weight excluding hydrogens is 325 g/mol. The summed E-state index contributed by atoms with van der Waals surface area (Å²) in [7, 11) is 0. The van der Waals surface area contributed by atoms with Gasteiger partial charge in [0.05, 0.1) is 25.0 Å². The van der Waals surface area contributed by atoms with Crippen LogP contribution in [0.5, 0.6) is 0 Å². The van der Waals surface area contributed by atoms with Crippen molar-refractivity contribution >= 4 is 5.91 Å². The summed E-state index contributed by atoms with van der Waals surface area (Å²) in [6.07, 6.45) is 2.80. The summed E-state index contributed by atoms with van der Waals surface area (Å²) >= 11 is 0. The number of nitrogens with one attached hydrogen (secondary N) is 1. The third-order valence-corrected chi connectivity index (χ3v) is 4.16. The molecule has 1 saturated heterocycles. The molecule has 0 spiro atoms. The Morgan fingerprint density at radius 1 is 1.28 bits per heavy atom. The number of carbonyl (C=O) groups excluding carboxylic acids is 1. The highest BCUT2D eigenvalue weighted by Gasteiger charge is 2.16. The molecule has 1 atom stereocenters. The van der Waals surface area contributed by atoms with Crippen LogP contribution in [-0.2, 0) is 4.74 Å². The summed E-state index contributed by atoms with van der Waals surface area (Å²) in [5.41, 5.74) is 0.612. The van der Waals surface area contributed by atoms with E-state index in [2.05, 4.69) is 10.2 Å². The fourth-order valence-corrected chi connectivity index (χ4v) is 2.81. The molecule has 0 saturated carbocycles. The first-order chi connectivity index (χ1) is 12.1. The van der Waals surface area contributed by atoms with Crippen LogP contribution in [0, 0.1) is 5.82 Å². The minimum atomic E-state index is -0.675. The maximum atomic E-state index is 14.2. The van der Waals surface area contributed by atoms with Crippen molar-refractivity contribution < 1.29 is 19.0 Å². The van der Waals surface area contributed by atoms with Gasteiger partial charge >= 0.3 is 0 Å². The van der Waals surface area contributed by atoms with Gasteiger partial charge in [-0.1, -0.05) is 0 Å². The highest BCUT2D eigenvalue weighted by Crippen LogP contribution is 2.15. The van der Waals surface area contributed by atoms with Crippen molar-refractivity contribution in [2.24, 2.45) is 0 Å². The Hall–Kier alpha value is -2.22. The zero-order valence-electron chi connectivity index (χ0n) is 13.9. The van der Waals surface area contributed by atoms with Crippen LogP contribution >= 0.6 is 0 Å². The summed E-state index contributed by atoms with van der Waals surface area (Å²) in [4.78, 5) is 14.3. The van der Waals surface area contributed by atoms with Gasteiger partial charge in [-0.15, -0.1) is 0 Å². The first-order valence-corrected chi connectivity index (χ1v) is 8.33. The van der Waals surface area contributed by atoms with Gasteiger partial charge in [0.1, 0.15) is 5.82 Å². The number of nitrogens with zero attached hydrogens (tertiary/aromatic N) is 2. The number of rotatable bonds is 6. The number of morpholine rings is 1. The SMILES string of the molecule is O=C(NC[C@@H](O)CN1CCOCC1)c1ccc(-n2cccc2)c(F)c1. The molecule has 0 bridgehead atoms. The quantitative estimate of drug-likeness (QED) is 0.819. The number of hydrogen-bond donors (Lipinski definition) is 2. The summed E-state index contributed by atoms with van der Waals surface area (Å²) in [5.74, 6) is -0.878. The Kier molecular flexibility index (Phi) is 5.80. The van der Waals surface area contributed by atoms with E-state index in [1.54, 1.807) is 41.2 Å². The lowest BCUT2D eigenvalue weighted by Crippen LogP contribution is -2.44. The molecule has 0 aliphatic carbocycles. The smallest absolute Gasteiger partial charge is 0.251 e. The average molecular weight is 347 g/mol. The first kappa shape index (κ1) is 17.6. The van der Waals surface area contributed by atoms with E-state index in [0.717, 1.165) is 13.1 Å². The first-order valence-electron chi connectivity index (χ1n) is 8.33. The normalized spacial score (nSPS) is 16.6. The molecule has 0 radical (unpaired) electrons. The molecule has 1 fully saturated rings. The summed E-state index contributed by atoms with van der Waals surface area (Å²) in [5, 5.41) is 12.7. The lowest BCUT2D eigenvalue weighted by Gasteiger charge is -2.28. The highest BCUT2D eigenvalue weighted by atomic mass is 19.1. The predicted molar refractivity (Wildman–Crippen MR) is 91.3 cm³/mol. The van der Waals surface area contributed by atoms with Crippen molar-refractivity contribution in [3.05, 3.63) is 54.1 Å². The number of aromatic nitrogens is 1. The standard InChI is InChI=1S/C18H22FN3O3/c19-16-11-14(3-4-17(16)22-5-1-2-6-22)18(24)20-12-15(23)13-21-7-9-25-10-8-21/h1-6,11,15,23H,7-10,12-13H2,(H,20,24)/t15-/m1/s1. The summed E-state index contributed by atoms with van der Waals surface area (Å²) in [6.45, 7) is 3.47. The van der Waals surface area contributed by atoms with Crippen LogP contribution in [0.4, 0.5) is 4.39 Å². The van der Waals surface area contributed by atoms with Crippen molar-refractivity contribution in [2.45, 2.75) is 6.10 Å². The van der Waals surface area contributed by atoms with Crippen LogP contribution in [0.2, 0.25) is 0 Å². The zero-order chi connectivity index (χ0) is 17.6. The molecule has 0 unspecified atom stereocenters. The van der Waals surface area contributed by atoms with E-state index in [1.807, 2.05) is 0 Å². The van der Waals surface area contributed by atoms with E-state index in [0.29, 0.717) is 25.4 Å². The Morgan fingerprint density at radius 3 is 2.68 bits per heavy atom. The number of ether oxygens (including phenoxy) is 1. The van der Waals surface area contributed by atoms with Gasteiger partial charge in [-0.05, 0) is 30.3 Å². The second-order valence-electron chi connectivity index (χ2n) is 6.03. The third-order valence-electron chi connectivity index (χ3n) is 4.16. The maximum Gasteiger partial charge on any atom is 0.251 e. The molecule has 1 aliphatic rings. The summed E-state index contributed by atoms with van der Waals surface area (Å²) in [6, 6.07) is 7.95. The van der Waals surface area contributed by atoms with Crippen molar-refractivity contribution in [2.75, 3.05) is 39.4 Å². The molecule has 25 heavy (non-hydrogen) atoms. The Balaban J connectivity index is 1.53. The molecule has 6 nitrogen and oxygen atoms in total. The molecule has 1 aromatic carbocycles. The second kappa shape index (κ2) is 8.24. The molecule has 3 rings (SSSR count). The van der Waals surface area contributed by atoms with E-state index < -0.39 is 17.8 Å². The number of benzene rings is 1. The average Bonchev–Trinajstić information content (AvgIpc) is 3.15. The van der Waals surface area contributed by atoms with Gasteiger partial charge in [-0.3, -0.25) is 9.69 Å². The Bertz CT molecular complexity index is 700. The van der Waals surface area contributed by atoms with Gasteiger partial charge in [-0.25, -0.2) is 4.39 Å². The van der Waals surface area contributed by atoms with Crippen molar-refractivity contribution in [3.8, 4) is 5.69 Å². The topological polar surface area (TPSA) is 66.7 Å². The van der Waals surface area contributed by atoms with Crippen LogP contribution < -0.4 is 5.32 Å². The third kappa shape index (κ3) is 4.66. The lowest BCUT2D eigenvalue weighted by molar-refractivity contribution is 0.0149. The number of β-amino-alcohol motifs (C(OH)–C–C–N with tert-alkyl or cyclic N) is 1. The predicted octanol–water partition coefficient (Wildman–Crippen LogP) is 1.04. The van der Waals surface area contributed by atoms with Crippen LogP contribution in [0.15, 0.2) is 42.7 Å². The lowest BCUT2D eigenvalue weighted by atomic mass is 10.1. The largest absolute Gasteiger partial charge is 0.390 e. The monoisotopic (exact) mass is 347 g/mol. The fourth-order valence-electron chi connectivity index (χ4n) is 2.81. The van der Waals surface area contributed by atoms with Gasteiger partial charge < -0.3 is 19.7 Å². The molecule has 2 N–H and O–H groups in total. The molecule has 7 heteroatoms.